The topological polar surface area (TPSA) is 109 Å². The Morgan fingerprint density at radius 1 is 1.23 bits per heavy atom. The van der Waals surface area contributed by atoms with Crippen molar-refractivity contribution >= 4 is 49.0 Å². The lowest BCUT2D eigenvalue weighted by Crippen LogP contribution is -2.38. The number of hydrogen-bond donors (Lipinski definition) is 0. The first-order valence-corrected chi connectivity index (χ1v) is 11.7. The van der Waals surface area contributed by atoms with E-state index in [2.05, 4.69) is 0 Å². The SMILES string of the molecule is CN(C(=O)c1ccc(N2C(=O)CCS2(=O)=O)cc1Cl)C1CCS(=O)(=O)C1. The molecule has 2 heterocycles. The van der Waals surface area contributed by atoms with E-state index in [1.165, 1.54) is 30.1 Å². The minimum atomic E-state index is -3.72. The molecule has 0 spiro atoms. The molecule has 0 aliphatic carbocycles. The third-order valence-corrected chi connectivity index (χ3v) is 8.33. The average molecular weight is 421 g/mol. The number of nitrogens with zero attached hydrogens (tertiary/aromatic N) is 2. The molecule has 2 fully saturated rings. The summed E-state index contributed by atoms with van der Waals surface area (Å²) >= 11 is 6.15. The van der Waals surface area contributed by atoms with Gasteiger partial charge in [-0.3, -0.25) is 9.59 Å². The molecule has 1 aromatic carbocycles. The quantitative estimate of drug-likeness (QED) is 0.710. The summed E-state index contributed by atoms with van der Waals surface area (Å²) in [6, 6.07) is 3.53. The molecule has 0 radical (unpaired) electrons. The zero-order valence-corrected chi connectivity index (χ0v) is 16.3. The minimum absolute atomic E-state index is 0.00453. The number of rotatable bonds is 3. The van der Waals surface area contributed by atoms with E-state index >= 15 is 0 Å². The fourth-order valence-corrected chi connectivity index (χ4v) is 6.59. The Morgan fingerprint density at radius 2 is 1.92 bits per heavy atom. The van der Waals surface area contributed by atoms with E-state index < -0.39 is 37.7 Å². The van der Waals surface area contributed by atoms with Crippen molar-refractivity contribution in [2.75, 3.05) is 28.6 Å². The summed E-state index contributed by atoms with van der Waals surface area (Å²) in [5.41, 5.74) is 0.200. The molecule has 1 aromatic rings. The number of sulfone groups is 1. The predicted molar refractivity (Wildman–Crippen MR) is 96.5 cm³/mol. The Bertz CT molecular complexity index is 989. The van der Waals surface area contributed by atoms with Crippen molar-refractivity contribution in [3.63, 3.8) is 0 Å². The van der Waals surface area contributed by atoms with E-state index in [0.717, 1.165) is 0 Å². The number of halogens is 1. The summed E-state index contributed by atoms with van der Waals surface area (Å²) in [6.45, 7) is 0. The van der Waals surface area contributed by atoms with E-state index in [1.54, 1.807) is 0 Å². The van der Waals surface area contributed by atoms with Gasteiger partial charge in [0.15, 0.2) is 9.84 Å². The molecular weight excluding hydrogens is 404 g/mol. The van der Waals surface area contributed by atoms with Crippen LogP contribution in [0, 0.1) is 0 Å². The fraction of sp³-hybridized carbons (Fsp3) is 0.467. The molecule has 3 rings (SSSR count). The van der Waals surface area contributed by atoms with Crippen molar-refractivity contribution in [3.05, 3.63) is 28.8 Å². The van der Waals surface area contributed by atoms with Gasteiger partial charge in [-0.1, -0.05) is 11.6 Å². The Labute approximate surface area is 156 Å². The molecule has 2 saturated heterocycles. The maximum absolute atomic E-state index is 12.6. The predicted octanol–water partition coefficient (Wildman–Crippen LogP) is 0.666. The summed E-state index contributed by atoms with van der Waals surface area (Å²) < 4.78 is 47.8. The Kier molecular flexibility index (Phi) is 4.78. The van der Waals surface area contributed by atoms with Crippen molar-refractivity contribution in [3.8, 4) is 0 Å². The highest BCUT2D eigenvalue weighted by molar-refractivity contribution is 7.94. The Balaban J connectivity index is 1.86. The van der Waals surface area contributed by atoms with Gasteiger partial charge in [0.25, 0.3) is 5.91 Å². The smallest absolute Gasteiger partial charge is 0.255 e. The highest BCUT2D eigenvalue weighted by Crippen LogP contribution is 2.30. The van der Waals surface area contributed by atoms with E-state index in [4.69, 9.17) is 11.6 Å². The van der Waals surface area contributed by atoms with Crippen LogP contribution in [0.4, 0.5) is 5.69 Å². The molecule has 11 heteroatoms. The molecule has 8 nitrogen and oxygen atoms in total. The van der Waals surface area contributed by atoms with Crippen molar-refractivity contribution in [2.45, 2.75) is 18.9 Å². The second-order valence-electron chi connectivity index (χ2n) is 6.36. The van der Waals surface area contributed by atoms with Gasteiger partial charge in [0.05, 0.1) is 33.5 Å². The maximum Gasteiger partial charge on any atom is 0.255 e. The Morgan fingerprint density at radius 3 is 2.42 bits per heavy atom. The molecule has 0 bridgehead atoms. The summed E-state index contributed by atoms with van der Waals surface area (Å²) in [5, 5.41) is -0.00453. The van der Waals surface area contributed by atoms with Crippen LogP contribution in [0.15, 0.2) is 18.2 Å². The van der Waals surface area contributed by atoms with Crippen LogP contribution in [0.3, 0.4) is 0 Å². The van der Waals surface area contributed by atoms with E-state index in [9.17, 15) is 26.4 Å². The third-order valence-electron chi connectivity index (χ3n) is 4.57. The van der Waals surface area contributed by atoms with Crippen molar-refractivity contribution in [2.24, 2.45) is 0 Å². The van der Waals surface area contributed by atoms with Gasteiger partial charge in [-0.05, 0) is 24.6 Å². The molecule has 0 saturated carbocycles. The molecule has 1 atom stereocenters. The molecule has 2 aliphatic heterocycles. The number of amides is 2. The maximum atomic E-state index is 12.6. The van der Waals surface area contributed by atoms with E-state index in [-0.39, 0.29) is 40.0 Å². The zero-order valence-electron chi connectivity index (χ0n) is 13.9. The van der Waals surface area contributed by atoms with Gasteiger partial charge < -0.3 is 4.90 Å². The fourth-order valence-electron chi connectivity index (χ4n) is 3.11. The first-order valence-electron chi connectivity index (χ1n) is 7.85. The van der Waals surface area contributed by atoms with Gasteiger partial charge in [0.1, 0.15) is 0 Å². The Hall–Kier alpha value is -1.65. The van der Waals surface area contributed by atoms with Crippen LogP contribution in [0.1, 0.15) is 23.2 Å². The number of hydrogen-bond acceptors (Lipinski definition) is 6. The van der Waals surface area contributed by atoms with Crippen LogP contribution >= 0.6 is 11.6 Å². The number of carbonyl (C=O) groups excluding carboxylic acids is 2. The lowest BCUT2D eigenvalue weighted by Gasteiger charge is -2.24. The van der Waals surface area contributed by atoms with E-state index in [1.807, 2.05) is 0 Å². The second kappa shape index (κ2) is 6.50. The molecule has 2 amide bonds. The third kappa shape index (κ3) is 3.45. The number of benzene rings is 1. The summed E-state index contributed by atoms with van der Waals surface area (Å²) in [6.07, 6.45) is 0.264. The molecule has 26 heavy (non-hydrogen) atoms. The number of carbonyl (C=O) groups is 2. The molecule has 0 N–H and O–H groups in total. The first-order chi connectivity index (χ1) is 12.0. The van der Waals surface area contributed by atoms with Crippen molar-refractivity contribution in [1.82, 2.24) is 4.90 Å². The van der Waals surface area contributed by atoms with Gasteiger partial charge in [-0.2, -0.15) is 0 Å². The first kappa shape index (κ1) is 19.1. The largest absolute Gasteiger partial charge is 0.338 e. The molecule has 0 aromatic heterocycles. The average Bonchev–Trinajstić information content (AvgIpc) is 3.04. The highest BCUT2D eigenvalue weighted by Gasteiger charge is 2.37. The van der Waals surface area contributed by atoms with Gasteiger partial charge in [0, 0.05) is 19.5 Å². The lowest BCUT2D eigenvalue weighted by atomic mass is 10.1. The van der Waals surface area contributed by atoms with Crippen LogP contribution in [0.5, 0.6) is 0 Å². The highest BCUT2D eigenvalue weighted by atomic mass is 35.5. The summed E-state index contributed by atoms with van der Waals surface area (Å²) in [4.78, 5) is 25.8. The molecule has 2 aliphatic rings. The lowest BCUT2D eigenvalue weighted by molar-refractivity contribution is -0.116. The zero-order chi connectivity index (χ0) is 19.3. The summed E-state index contributed by atoms with van der Waals surface area (Å²) in [5.74, 6) is -1.32. The molecule has 1 unspecified atom stereocenters. The van der Waals surface area contributed by atoms with Crippen LogP contribution in [0.2, 0.25) is 5.02 Å². The van der Waals surface area contributed by atoms with Gasteiger partial charge in [0.2, 0.25) is 15.9 Å². The van der Waals surface area contributed by atoms with Crippen molar-refractivity contribution in [1.29, 1.82) is 0 Å². The number of sulfonamides is 1. The van der Waals surface area contributed by atoms with Gasteiger partial charge >= 0.3 is 0 Å². The minimum Gasteiger partial charge on any atom is -0.338 e. The standard InChI is InChI=1S/C15H17ClN2O6S2/c1-17(11-4-6-25(21,22)9-11)15(20)12-3-2-10(8-13(12)16)18-14(19)5-7-26(18,23)24/h2-3,8,11H,4-7,9H2,1H3. The van der Waals surface area contributed by atoms with Crippen molar-refractivity contribution < 1.29 is 26.4 Å². The second-order valence-corrected chi connectivity index (χ2v) is 10.9. The van der Waals surface area contributed by atoms with Crippen LogP contribution < -0.4 is 4.31 Å². The van der Waals surface area contributed by atoms with Gasteiger partial charge in [-0.15, -0.1) is 0 Å². The molecular formula is C15H17ClN2O6S2. The van der Waals surface area contributed by atoms with Crippen LogP contribution in [0.25, 0.3) is 0 Å². The summed E-state index contributed by atoms with van der Waals surface area (Å²) in [7, 11) is -5.35. The molecule has 142 valence electrons. The monoisotopic (exact) mass is 420 g/mol. The number of anilines is 1. The van der Waals surface area contributed by atoms with E-state index in [0.29, 0.717) is 10.7 Å². The van der Waals surface area contributed by atoms with Crippen LogP contribution in [-0.2, 0) is 24.7 Å². The van der Waals surface area contributed by atoms with Gasteiger partial charge in [-0.25, -0.2) is 21.1 Å². The van der Waals surface area contributed by atoms with Crippen LogP contribution in [-0.4, -0.2) is 63.9 Å². The normalized spacial score (nSPS) is 24.0.